The van der Waals surface area contributed by atoms with Crippen molar-refractivity contribution in [2.75, 3.05) is 53.3 Å². The molecule has 190 valence electrons. The molecule has 34 heavy (non-hydrogen) atoms. The maximum Gasteiger partial charge on any atom is 0.238 e. The van der Waals surface area contributed by atoms with E-state index in [1.54, 1.807) is 44.5 Å². The number of ether oxygens (including phenoxy) is 3. The number of sulfonamides is 1. The Morgan fingerprint density at radius 2 is 1.76 bits per heavy atom. The van der Waals surface area contributed by atoms with Crippen molar-refractivity contribution in [2.24, 2.45) is 0 Å². The molecular weight excluding hydrogens is 476 g/mol. The van der Waals surface area contributed by atoms with Crippen LogP contribution < -0.4 is 9.47 Å². The number of benzene rings is 1. The van der Waals surface area contributed by atoms with Crippen LogP contribution >= 0.6 is 11.3 Å². The second kappa shape index (κ2) is 13.7. The summed E-state index contributed by atoms with van der Waals surface area (Å²) in [6, 6.07) is 9.72. The van der Waals surface area contributed by atoms with Crippen molar-refractivity contribution in [2.45, 2.75) is 33.2 Å². The van der Waals surface area contributed by atoms with Crippen LogP contribution in [0, 0.1) is 6.92 Å². The molecule has 0 bridgehead atoms. The van der Waals surface area contributed by atoms with Crippen molar-refractivity contribution in [3.63, 3.8) is 0 Å². The van der Waals surface area contributed by atoms with Crippen LogP contribution in [0.3, 0.4) is 0 Å². The van der Waals surface area contributed by atoms with Crippen molar-refractivity contribution in [3.05, 3.63) is 45.6 Å². The van der Waals surface area contributed by atoms with Gasteiger partial charge < -0.3 is 19.1 Å². The molecule has 0 saturated heterocycles. The number of carbonyl (C=O) groups is 1. The first-order valence-corrected chi connectivity index (χ1v) is 13.7. The number of hydrogen-bond donors (Lipinski definition) is 0. The average molecular weight is 513 g/mol. The quantitative estimate of drug-likeness (QED) is 0.340. The number of amides is 1. The number of rotatable bonds is 15. The molecule has 2 rings (SSSR count). The van der Waals surface area contributed by atoms with Gasteiger partial charge in [0.2, 0.25) is 15.9 Å². The first-order chi connectivity index (χ1) is 16.2. The number of methoxy groups -OCH3 is 3. The molecule has 0 aliphatic rings. The van der Waals surface area contributed by atoms with E-state index < -0.39 is 10.0 Å². The number of aryl methyl sites for hydroxylation is 1. The third-order valence-corrected chi connectivity index (χ3v) is 8.25. The zero-order valence-electron chi connectivity index (χ0n) is 20.7. The van der Waals surface area contributed by atoms with E-state index in [0.717, 1.165) is 15.3 Å². The molecule has 2 aromatic rings. The Bertz CT molecular complexity index is 1020. The number of hydrogen-bond acceptors (Lipinski definition) is 7. The van der Waals surface area contributed by atoms with Crippen LogP contribution in [-0.4, -0.2) is 76.9 Å². The minimum absolute atomic E-state index is 0.0526. The molecule has 0 radical (unpaired) electrons. The van der Waals surface area contributed by atoms with Crippen LogP contribution in [0.15, 0.2) is 30.3 Å². The normalized spacial score (nSPS) is 11.6. The van der Waals surface area contributed by atoms with Crippen LogP contribution in [0.4, 0.5) is 0 Å². The summed E-state index contributed by atoms with van der Waals surface area (Å²) in [5.74, 6) is 0.999. The summed E-state index contributed by atoms with van der Waals surface area (Å²) in [5.41, 5.74) is 0.996. The maximum atomic E-state index is 13.4. The lowest BCUT2D eigenvalue weighted by atomic mass is 10.1. The fourth-order valence-corrected chi connectivity index (χ4v) is 5.47. The molecule has 0 unspecified atom stereocenters. The van der Waals surface area contributed by atoms with Gasteiger partial charge in [0.1, 0.15) is 0 Å². The number of thiophene rings is 1. The first-order valence-electron chi connectivity index (χ1n) is 11.2. The molecule has 0 saturated carbocycles. The molecule has 10 heteroatoms. The van der Waals surface area contributed by atoms with Gasteiger partial charge in [-0.3, -0.25) is 4.79 Å². The van der Waals surface area contributed by atoms with Crippen molar-refractivity contribution in [3.8, 4) is 11.5 Å². The van der Waals surface area contributed by atoms with E-state index in [1.807, 2.05) is 37.3 Å². The molecule has 0 fully saturated rings. The van der Waals surface area contributed by atoms with E-state index in [2.05, 4.69) is 0 Å². The molecule has 0 spiro atoms. The molecule has 0 aliphatic heterocycles. The summed E-state index contributed by atoms with van der Waals surface area (Å²) in [7, 11) is 1.23. The van der Waals surface area contributed by atoms with E-state index in [9.17, 15) is 13.2 Å². The Labute approximate surface area is 207 Å². The van der Waals surface area contributed by atoms with Crippen molar-refractivity contribution in [1.29, 1.82) is 0 Å². The Hall–Kier alpha value is -2.14. The van der Waals surface area contributed by atoms with Gasteiger partial charge in [0.15, 0.2) is 11.5 Å². The van der Waals surface area contributed by atoms with Gasteiger partial charge in [-0.25, -0.2) is 8.42 Å². The van der Waals surface area contributed by atoms with Gasteiger partial charge in [-0.05, 0) is 56.5 Å². The maximum absolute atomic E-state index is 13.4. The molecule has 0 aliphatic carbocycles. The van der Waals surface area contributed by atoms with Gasteiger partial charge in [-0.15, -0.1) is 11.3 Å². The van der Waals surface area contributed by atoms with Gasteiger partial charge >= 0.3 is 0 Å². The van der Waals surface area contributed by atoms with Crippen LogP contribution in [0.5, 0.6) is 11.5 Å². The van der Waals surface area contributed by atoms with E-state index >= 15 is 0 Å². The molecule has 0 atom stereocenters. The lowest BCUT2D eigenvalue weighted by Crippen LogP contribution is -2.44. The number of nitrogens with zero attached hydrogens (tertiary/aromatic N) is 2. The summed E-state index contributed by atoms with van der Waals surface area (Å²) in [6.07, 6.45) is 1.12. The lowest BCUT2D eigenvalue weighted by molar-refractivity contribution is -0.132. The molecular formula is C24H36N2O6S2. The summed E-state index contributed by atoms with van der Waals surface area (Å²) in [6.45, 7) is 4.99. The highest BCUT2D eigenvalue weighted by Gasteiger charge is 2.25. The smallest absolute Gasteiger partial charge is 0.238 e. The van der Waals surface area contributed by atoms with Gasteiger partial charge in [0, 0.05) is 36.6 Å². The van der Waals surface area contributed by atoms with E-state index in [0.29, 0.717) is 44.0 Å². The van der Waals surface area contributed by atoms with Crippen LogP contribution in [0.25, 0.3) is 0 Å². The minimum atomic E-state index is -3.52. The third-order valence-electron chi connectivity index (χ3n) is 5.44. The zero-order chi connectivity index (χ0) is 25.1. The largest absolute Gasteiger partial charge is 0.493 e. The van der Waals surface area contributed by atoms with Gasteiger partial charge in [0.25, 0.3) is 0 Å². The van der Waals surface area contributed by atoms with Gasteiger partial charge in [-0.2, -0.15) is 4.31 Å². The predicted molar refractivity (Wildman–Crippen MR) is 135 cm³/mol. The molecule has 1 aromatic carbocycles. The summed E-state index contributed by atoms with van der Waals surface area (Å²) in [5, 5.41) is 0. The summed E-state index contributed by atoms with van der Waals surface area (Å²) >= 11 is 1.63. The van der Waals surface area contributed by atoms with E-state index in [4.69, 9.17) is 14.2 Å². The molecule has 1 amide bonds. The second-order valence-corrected chi connectivity index (χ2v) is 11.5. The molecule has 1 aromatic heterocycles. The van der Waals surface area contributed by atoms with Crippen LogP contribution in [0.1, 0.15) is 28.7 Å². The highest BCUT2D eigenvalue weighted by atomic mass is 32.2. The van der Waals surface area contributed by atoms with Crippen LogP contribution in [-0.2, 0) is 32.5 Å². The topological polar surface area (TPSA) is 85.4 Å². The fourth-order valence-electron chi connectivity index (χ4n) is 3.49. The summed E-state index contributed by atoms with van der Waals surface area (Å²) in [4.78, 5) is 17.3. The molecule has 8 nitrogen and oxygen atoms in total. The highest BCUT2D eigenvalue weighted by Crippen LogP contribution is 2.28. The Balaban J connectivity index is 2.20. The molecule has 1 heterocycles. The average Bonchev–Trinajstić information content (AvgIpc) is 3.25. The first kappa shape index (κ1) is 28.1. The van der Waals surface area contributed by atoms with Gasteiger partial charge in [0.05, 0.1) is 33.1 Å². The standard InChI is InChI=1S/C24H36N2O6S2/c1-6-34(28,29)26(13-7-15-30-3)18-24(27)25(17-21-10-8-19(2)33-21)14-12-20-9-11-22(31-4)23(16-20)32-5/h8-11,16H,6-7,12-15,17-18H2,1-5H3. The Kier molecular flexibility index (Phi) is 11.3. The minimum Gasteiger partial charge on any atom is -0.493 e. The fraction of sp³-hybridized carbons (Fsp3) is 0.542. The Morgan fingerprint density at radius 3 is 2.35 bits per heavy atom. The van der Waals surface area contributed by atoms with Crippen molar-refractivity contribution >= 4 is 27.3 Å². The van der Waals surface area contributed by atoms with Gasteiger partial charge in [-0.1, -0.05) is 6.07 Å². The SMILES string of the molecule is CCS(=O)(=O)N(CCCOC)CC(=O)N(CCc1ccc(OC)c(OC)c1)Cc1ccc(C)s1. The lowest BCUT2D eigenvalue weighted by Gasteiger charge is -2.27. The van der Waals surface area contributed by atoms with Crippen molar-refractivity contribution in [1.82, 2.24) is 9.21 Å². The second-order valence-electron chi connectivity index (χ2n) is 7.85. The Morgan fingerprint density at radius 1 is 1.03 bits per heavy atom. The zero-order valence-corrected chi connectivity index (χ0v) is 22.3. The number of carbonyl (C=O) groups excluding carboxylic acids is 1. The van der Waals surface area contributed by atoms with E-state index in [1.165, 1.54) is 4.31 Å². The van der Waals surface area contributed by atoms with Crippen LogP contribution in [0.2, 0.25) is 0 Å². The summed E-state index contributed by atoms with van der Waals surface area (Å²) < 4.78 is 42.3. The third kappa shape index (κ3) is 8.26. The predicted octanol–water partition coefficient (Wildman–Crippen LogP) is 3.33. The highest BCUT2D eigenvalue weighted by molar-refractivity contribution is 7.89. The molecule has 0 N–H and O–H groups in total. The van der Waals surface area contributed by atoms with Crippen molar-refractivity contribution < 1.29 is 27.4 Å². The monoisotopic (exact) mass is 512 g/mol. The van der Waals surface area contributed by atoms with E-state index in [-0.39, 0.29) is 24.7 Å².